The molecule has 10 nitrogen and oxygen atoms in total. The lowest BCUT2D eigenvalue weighted by Gasteiger charge is -2.14. The zero-order valence-corrected chi connectivity index (χ0v) is 22.2. The average molecular weight is 561 g/mol. The van der Waals surface area contributed by atoms with Crippen molar-refractivity contribution < 1.29 is 28.6 Å². The van der Waals surface area contributed by atoms with Crippen molar-refractivity contribution in [3.63, 3.8) is 0 Å². The van der Waals surface area contributed by atoms with Crippen LogP contribution in [0.15, 0.2) is 24.8 Å². The molecule has 14 heteroatoms. The first-order valence-corrected chi connectivity index (χ1v) is 15.3. The van der Waals surface area contributed by atoms with Gasteiger partial charge in [0, 0.05) is 17.1 Å². The number of hydrogen-bond acceptors (Lipinski definition) is 6. The predicted octanol–water partition coefficient (Wildman–Crippen LogP) is 3.98. The molecule has 1 aliphatic carbocycles. The maximum Gasteiger partial charge on any atom is 0.290 e. The number of fused-ring (bicyclic) bond motifs is 2. The molecule has 0 saturated heterocycles. The Morgan fingerprint density at radius 1 is 1.37 bits per heavy atom. The molecule has 3 aromatic heterocycles. The molecule has 1 saturated carbocycles. The Morgan fingerprint density at radius 3 is 2.68 bits per heavy atom. The number of imidazole rings is 1. The third kappa shape index (κ3) is 5.52. The maximum absolute atomic E-state index is 15.5. The lowest BCUT2D eigenvalue weighted by molar-refractivity contribution is -0.123. The number of nitrogens with one attached hydrogen (secondary N) is 2. The van der Waals surface area contributed by atoms with E-state index in [-0.39, 0.29) is 40.4 Å². The molecule has 38 heavy (non-hydrogen) atoms. The zero-order valence-electron chi connectivity index (χ0n) is 20.5. The zero-order chi connectivity index (χ0) is 27.8. The lowest BCUT2D eigenvalue weighted by Crippen LogP contribution is -2.17. The fourth-order valence-electron chi connectivity index (χ4n) is 3.74. The highest BCUT2D eigenvalue weighted by molar-refractivity contribution is 6.83. The fraction of sp³-hybridized carbons (Fsp3) is 0.292. The molecule has 1 aromatic carbocycles. The molecule has 1 unspecified atom stereocenters. The number of nitrogens with zero attached hydrogens (tertiary/aromatic N) is 4. The number of halogens is 3. The summed E-state index contributed by atoms with van der Waals surface area (Å²) < 4.78 is 30.2. The van der Waals surface area contributed by atoms with Crippen LogP contribution in [0, 0.1) is 23.2 Å². The summed E-state index contributed by atoms with van der Waals surface area (Å²) in [4.78, 5) is 29.0. The van der Waals surface area contributed by atoms with E-state index in [2.05, 4.69) is 36.9 Å². The Morgan fingerprint density at radius 2 is 2.05 bits per heavy atom. The van der Waals surface area contributed by atoms with E-state index in [1.807, 2.05) is 19.6 Å². The van der Waals surface area contributed by atoms with Crippen molar-refractivity contribution in [2.45, 2.75) is 38.3 Å². The quantitative estimate of drug-likeness (QED) is 0.168. The Labute approximate surface area is 221 Å². The molecular formula is C24H23ClF2N6O4Si. The minimum Gasteiger partial charge on any atom is -0.483 e. The number of aliphatic hydroxyl groups is 1. The normalized spacial score (nSPS) is 17.2. The monoisotopic (exact) mass is 560 g/mol. The van der Waals surface area contributed by atoms with E-state index in [0.29, 0.717) is 16.7 Å². The summed E-state index contributed by atoms with van der Waals surface area (Å²) in [5.41, 5.74) is 4.26. The van der Waals surface area contributed by atoms with Crippen LogP contribution in [-0.4, -0.2) is 61.4 Å². The number of rotatable bonds is 4. The van der Waals surface area contributed by atoms with Crippen LogP contribution in [0.2, 0.25) is 24.7 Å². The number of aromatic nitrogens is 5. The number of hydrogen-bond donors (Lipinski definition) is 4. The van der Waals surface area contributed by atoms with Crippen molar-refractivity contribution in [3.8, 4) is 22.7 Å². The topological polar surface area (TPSA) is 145 Å². The summed E-state index contributed by atoms with van der Waals surface area (Å²) in [5, 5.41) is 27.1. The second-order valence-corrected chi connectivity index (χ2v) is 14.7. The van der Waals surface area contributed by atoms with Gasteiger partial charge in [0.15, 0.2) is 17.3 Å². The second kappa shape index (κ2) is 10.5. The van der Waals surface area contributed by atoms with Crippen LogP contribution in [0.3, 0.4) is 0 Å². The van der Waals surface area contributed by atoms with E-state index in [4.69, 9.17) is 21.5 Å². The van der Waals surface area contributed by atoms with Crippen molar-refractivity contribution in [1.29, 1.82) is 0 Å². The molecule has 4 N–H and O–H groups in total. The van der Waals surface area contributed by atoms with Crippen molar-refractivity contribution >= 4 is 54.4 Å². The van der Waals surface area contributed by atoms with Gasteiger partial charge in [0.1, 0.15) is 20.3 Å². The number of aromatic amines is 1. The number of carboxylic acid groups (broad SMARTS) is 1. The lowest BCUT2D eigenvalue weighted by atomic mass is 9.99. The van der Waals surface area contributed by atoms with Crippen LogP contribution in [-0.2, 0) is 9.59 Å². The van der Waals surface area contributed by atoms with E-state index in [0.717, 1.165) is 0 Å². The van der Waals surface area contributed by atoms with E-state index in [9.17, 15) is 14.3 Å². The van der Waals surface area contributed by atoms with Crippen molar-refractivity contribution in [1.82, 2.24) is 24.6 Å². The maximum atomic E-state index is 15.5. The molecule has 3 heterocycles. The summed E-state index contributed by atoms with van der Waals surface area (Å²) in [6.07, 6.45) is 3.77. The first kappa shape index (κ1) is 27.2. The van der Waals surface area contributed by atoms with Gasteiger partial charge < -0.3 is 19.9 Å². The van der Waals surface area contributed by atoms with Gasteiger partial charge in [0.25, 0.3) is 6.47 Å². The third-order valence-electron chi connectivity index (χ3n) is 5.58. The highest BCUT2D eigenvalue weighted by Crippen LogP contribution is 2.40. The van der Waals surface area contributed by atoms with Crippen molar-refractivity contribution in [3.05, 3.63) is 41.2 Å². The molecule has 1 fully saturated rings. The highest BCUT2D eigenvalue weighted by atomic mass is 35.5. The Bertz CT molecular complexity index is 1610. The first-order chi connectivity index (χ1) is 17.9. The Hall–Kier alpha value is -3.86. The third-order valence-corrected chi connectivity index (χ3v) is 6.83. The smallest absolute Gasteiger partial charge is 0.290 e. The number of aliphatic hydroxyl groups excluding tert-OH is 1. The molecule has 5 rings (SSSR count). The van der Waals surface area contributed by atoms with E-state index < -0.39 is 38.0 Å². The Balaban J connectivity index is 0.00000107. The van der Waals surface area contributed by atoms with Gasteiger partial charge in [-0.15, -0.1) is 5.54 Å². The summed E-state index contributed by atoms with van der Waals surface area (Å²) in [5.74, 6) is 1.10. The number of amides is 1. The molecule has 0 bridgehead atoms. The molecule has 0 aliphatic heterocycles. The number of carbonyl (C=O) groups excluding carboxylic acids is 1. The van der Waals surface area contributed by atoms with Gasteiger partial charge in [-0.3, -0.25) is 19.7 Å². The standard InChI is InChI=1S/C23H21ClF2N6O2Si.CH2O2/c1-35(2,3)5-4-15(33)19-21(26)20(24)18(12-7-28-31-22(12)19)14-9-32-10-16(29-17(32)8-27-14)30-23(34)11-6-13(11)25;2-1-3/h7-11,13,15,33H,6H2,1-3H3,(H,28,31)(H,30,34);1H,(H,2,3)/t11-,13+,15?;/m1./s1. The van der Waals surface area contributed by atoms with E-state index in [1.54, 1.807) is 16.8 Å². The van der Waals surface area contributed by atoms with Gasteiger partial charge in [0.05, 0.1) is 46.3 Å². The van der Waals surface area contributed by atoms with Gasteiger partial charge in [-0.2, -0.15) is 5.10 Å². The van der Waals surface area contributed by atoms with E-state index in [1.165, 1.54) is 12.4 Å². The van der Waals surface area contributed by atoms with Gasteiger partial charge in [0.2, 0.25) is 5.91 Å². The van der Waals surface area contributed by atoms with Crippen LogP contribution in [0.25, 0.3) is 27.8 Å². The van der Waals surface area contributed by atoms with Crippen molar-refractivity contribution in [2.24, 2.45) is 5.92 Å². The molecule has 1 aliphatic rings. The average Bonchev–Trinajstić information content (AvgIpc) is 3.21. The van der Waals surface area contributed by atoms with E-state index >= 15 is 4.39 Å². The molecule has 198 valence electrons. The van der Waals surface area contributed by atoms with Crippen LogP contribution in [0.5, 0.6) is 0 Å². The van der Waals surface area contributed by atoms with Crippen LogP contribution in [0.1, 0.15) is 18.1 Å². The second-order valence-electron chi connectivity index (χ2n) is 9.61. The minimum atomic E-state index is -1.81. The molecule has 4 aromatic rings. The highest BCUT2D eigenvalue weighted by Gasteiger charge is 2.43. The summed E-state index contributed by atoms with van der Waals surface area (Å²) in [6, 6.07) is 0. The number of benzene rings is 1. The largest absolute Gasteiger partial charge is 0.483 e. The number of H-pyrrole nitrogens is 1. The Kier molecular flexibility index (Phi) is 7.50. The van der Waals surface area contributed by atoms with Gasteiger partial charge in [-0.25, -0.2) is 13.8 Å². The molecule has 1 amide bonds. The summed E-state index contributed by atoms with van der Waals surface area (Å²) in [7, 11) is -1.81. The first-order valence-electron chi connectivity index (χ1n) is 11.4. The molecule has 0 radical (unpaired) electrons. The molecule has 0 spiro atoms. The molecule has 3 atom stereocenters. The fourth-order valence-corrected chi connectivity index (χ4v) is 4.61. The van der Waals surface area contributed by atoms with Gasteiger partial charge in [-0.1, -0.05) is 37.2 Å². The summed E-state index contributed by atoms with van der Waals surface area (Å²) >= 11 is 6.46. The van der Waals surface area contributed by atoms with Gasteiger partial charge >= 0.3 is 0 Å². The number of carbonyl (C=O) groups is 2. The van der Waals surface area contributed by atoms with Gasteiger partial charge in [-0.05, 0) is 6.42 Å². The molecular weight excluding hydrogens is 538 g/mol. The SMILES string of the molecule is C[Si](C)(C)C#CC(O)c1c(F)c(Cl)c(-c2cn3cc(NC(=O)[C@@H]4C[C@@H]4F)nc3cn2)c2cn[nH]c12.O=CO. The van der Waals surface area contributed by atoms with Crippen molar-refractivity contribution in [2.75, 3.05) is 5.32 Å². The van der Waals surface area contributed by atoms with Crippen LogP contribution < -0.4 is 5.32 Å². The minimum absolute atomic E-state index is 0.0723. The summed E-state index contributed by atoms with van der Waals surface area (Å²) in [6.45, 7) is 5.80. The predicted molar refractivity (Wildman–Crippen MR) is 139 cm³/mol. The number of alkyl halides is 1. The van der Waals surface area contributed by atoms with Crippen LogP contribution >= 0.6 is 11.6 Å². The number of anilines is 1. The van der Waals surface area contributed by atoms with Crippen LogP contribution in [0.4, 0.5) is 14.6 Å².